The lowest BCUT2D eigenvalue weighted by Crippen LogP contribution is -2.25. The molecule has 1 N–H and O–H groups in total. The zero-order chi connectivity index (χ0) is 16.4. The second kappa shape index (κ2) is 6.05. The predicted molar refractivity (Wildman–Crippen MR) is 69.5 cm³/mol. The smallest absolute Gasteiger partial charge is 0.368 e. The molecule has 0 saturated carbocycles. The lowest BCUT2D eigenvalue weighted by molar-refractivity contribution is -0.385. The number of halogens is 3. The monoisotopic (exact) mass is 335 g/mol. The topological polar surface area (TPSA) is 116 Å². The highest BCUT2D eigenvalue weighted by Crippen LogP contribution is 2.39. The van der Waals surface area contributed by atoms with Gasteiger partial charge in [-0.2, -0.15) is 9.36 Å². The lowest BCUT2D eigenvalue weighted by Gasteiger charge is -2.05. The molecule has 0 aliphatic rings. The van der Waals surface area contributed by atoms with E-state index in [4.69, 9.17) is 11.6 Å². The first kappa shape index (κ1) is 15.8. The van der Waals surface area contributed by atoms with Gasteiger partial charge in [0, 0.05) is 0 Å². The van der Waals surface area contributed by atoms with E-state index >= 15 is 0 Å². The van der Waals surface area contributed by atoms with E-state index in [-0.39, 0.29) is 13.0 Å². The number of nitrogens with zero attached hydrogens (tertiary/aromatic N) is 5. The first-order valence-electron chi connectivity index (χ1n) is 5.83. The molecule has 0 fully saturated rings. The number of aromatic hydroxyl groups is 1. The van der Waals surface area contributed by atoms with Gasteiger partial charge in [-0.1, -0.05) is 11.6 Å². The van der Waals surface area contributed by atoms with E-state index in [1.807, 2.05) is 0 Å². The average Bonchev–Trinajstić information content (AvgIpc) is 2.81. The number of hydrogen-bond acceptors (Lipinski definition) is 6. The van der Waals surface area contributed by atoms with Gasteiger partial charge in [0.25, 0.3) is 0 Å². The standard InChI is InChI=1S/C10H8ClF2N5O4/c11-5-4-6(13)7(8(9(5)19)18(21)22)17-10(20)16(14-15-17)3-1-2-12/h4,19H,1-3H2. The molecule has 0 spiro atoms. The normalized spacial score (nSPS) is 10.9. The van der Waals surface area contributed by atoms with Crippen LogP contribution in [0.2, 0.25) is 5.02 Å². The van der Waals surface area contributed by atoms with Crippen LogP contribution in [-0.4, -0.2) is 36.5 Å². The summed E-state index contributed by atoms with van der Waals surface area (Å²) in [5.74, 6) is -2.25. The summed E-state index contributed by atoms with van der Waals surface area (Å²) in [6, 6.07) is 0.603. The first-order valence-corrected chi connectivity index (χ1v) is 6.20. The predicted octanol–water partition coefficient (Wildman–Crippen LogP) is 1.19. The van der Waals surface area contributed by atoms with Crippen LogP contribution in [-0.2, 0) is 6.54 Å². The number of phenols is 1. The highest BCUT2D eigenvalue weighted by molar-refractivity contribution is 6.32. The molecule has 1 aromatic carbocycles. The van der Waals surface area contributed by atoms with Crippen molar-refractivity contribution < 1.29 is 18.8 Å². The third-order valence-electron chi connectivity index (χ3n) is 2.69. The summed E-state index contributed by atoms with van der Waals surface area (Å²) >= 11 is 5.47. The molecule has 0 atom stereocenters. The van der Waals surface area contributed by atoms with E-state index in [1.54, 1.807) is 0 Å². The van der Waals surface area contributed by atoms with Gasteiger partial charge >= 0.3 is 11.4 Å². The van der Waals surface area contributed by atoms with Crippen LogP contribution < -0.4 is 5.69 Å². The van der Waals surface area contributed by atoms with E-state index in [0.717, 1.165) is 0 Å². The minimum absolute atomic E-state index is 0.0327. The second-order valence-corrected chi connectivity index (χ2v) is 4.49. The number of hydrogen-bond donors (Lipinski definition) is 1. The van der Waals surface area contributed by atoms with Crippen LogP contribution in [0.4, 0.5) is 14.5 Å². The molecule has 0 saturated heterocycles. The van der Waals surface area contributed by atoms with Gasteiger partial charge in [0.2, 0.25) is 5.75 Å². The number of nitro groups is 1. The van der Waals surface area contributed by atoms with Crippen LogP contribution in [0, 0.1) is 15.9 Å². The van der Waals surface area contributed by atoms with Crippen LogP contribution in [0.3, 0.4) is 0 Å². The number of aromatic nitrogens is 4. The van der Waals surface area contributed by atoms with Gasteiger partial charge in [-0.15, -0.1) is 0 Å². The van der Waals surface area contributed by atoms with Crippen molar-refractivity contribution in [2.75, 3.05) is 6.67 Å². The molecular formula is C10H8ClF2N5O4. The van der Waals surface area contributed by atoms with Gasteiger partial charge in [0.1, 0.15) is 0 Å². The Morgan fingerprint density at radius 3 is 2.73 bits per heavy atom. The molecule has 2 rings (SSSR count). The fraction of sp³-hybridized carbons (Fsp3) is 0.300. The lowest BCUT2D eigenvalue weighted by atomic mass is 10.2. The molecule has 1 heterocycles. The largest absolute Gasteiger partial charge is 0.501 e. The molecule has 2 aromatic rings. The molecular weight excluding hydrogens is 328 g/mol. The Kier molecular flexibility index (Phi) is 4.35. The van der Waals surface area contributed by atoms with Crippen molar-refractivity contribution in [2.24, 2.45) is 0 Å². The number of phenolic OH excluding ortho intramolecular Hbond substituents is 1. The average molecular weight is 336 g/mol. The summed E-state index contributed by atoms with van der Waals surface area (Å²) in [6.07, 6.45) is -0.0327. The van der Waals surface area contributed by atoms with Crippen molar-refractivity contribution in [1.29, 1.82) is 0 Å². The summed E-state index contributed by atoms with van der Waals surface area (Å²) in [7, 11) is 0. The van der Waals surface area contributed by atoms with Gasteiger partial charge in [-0.25, -0.2) is 9.18 Å². The molecule has 1 aromatic heterocycles. The van der Waals surface area contributed by atoms with Crippen LogP contribution in [0.5, 0.6) is 5.75 Å². The van der Waals surface area contributed by atoms with Crippen molar-refractivity contribution >= 4 is 17.3 Å². The number of aryl methyl sites for hydroxylation is 1. The Labute approximate surface area is 125 Å². The molecule has 0 aliphatic carbocycles. The van der Waals surface area contributed by atoms with Crippen molar-refractivity contribution in [3.8, 4) is 11.4 Å². The minimum Gasteiger partial charge on any atom is -0.501 e. The van der Waals surface area contributed by atoms with Crippen molar-refractivity contribution in [3.63, 3.8) is 0 Å². The van der Waals surface area contributed by atoms with E-state index in [0.29, 0.717) is 15.4 Å². The maximum Gasteiger partial charge on any atom is 0.368 e. The van der Waals surface area contributed by atoms with Gasteiger partial charge in [-0.05, 0) is 22.9 Å². The Hall–Kier alpha value is -2.56. The Bertz CT molecular complexity index is 790. The number of alkyl halides is 1. The minimum atomic E-state index is -1.24. The maximum absolute atomic E-state index is 14.0. The fourth-order valence-electron chi connectivity index (χ4n) is 1.73. The van der Waals surface area contributed by atoms with Gasteiger partial charge < -0.3 is 5.11 Å². The quantitative estimate of drug-likeness (QED) is 0.648. The van der Waals surface area contributed by atoms with E-state index in [1.165, 1.54) is 0 Å². The van der Waals surface area contributed by atoms with Crippen molar-refractivity contribution in [2.45, 2.75) is 13.0 Å². The van der Waals surface area contributed by atoms with Gasteiger partial charge in [0.15, 0.2) is 11.5 Å². The van der Waals surface area contributed by atoms with E-state index in [2.05, 4.69) is 10.4 Å². The van der Waals surface area contributed by atoms with Crippen molar-refractivity contribution in [3.05, 3.63) is 37.5 Å². The molecule has 9 nitrogen and oxygen atoms in total. The zero-order valence-electron chi connectivity index (χ0n) is 10.7. The SMILES string of the molecule is O=c1n(CCCF)nnn1-c1c(F)cc(Cl)c(O)c1[N+](=O)[O-]. The van der Waals surface area contributed by atoms with Crippen LogP contribution in [0.1, 0.15) is 6.42 Å². The fourth-order valence-corrected chi connectivity index (χ4v) is 1.91. The van der Waals surface area contributed by atoms with Crippen LogP contribution in [0.25, 0.3) is 5.69 Å². The third-order valence-corrected chi connectivity index (χ3v) is 2.98. The Morgan fingerprint density at radius 1 is 1.45 bits per heavy atom. The molecule has 0 unspecified atom stereocenters. The molecule has 0 aliphatic heterocycles. The molecule has 118 valence electrons. The first-order chi connectivity index (χ1) is 10.4. The van der Waals surface area contributed by atoms with Gasteiger partial charge in [0.05, 0.1) is 23.2 Å². The van der Waals surface area contributed by atoms with Crippen molar-refractivity contribution in [1.82, 2.24) is 19.8 Å². The summed E-state index contributed by atoms with van der Waals surface area (Å²) in [4.78, 5) is 21.9. The highest BCUT2D eigenvalue weighted by atomic mass is 35.5. The molecule has 12 heteroatoms. The van der Waals surface area contributed by atoms with E-state index in [9.17, 15) is 28.8 Å². The number of tetrazole rings is 1. The Morgan fingerprint density at radius 2 is 2.14 bits per heavy atom. The van der Waals surface area contributed by atoms with Crippen LogP contribution in [0.15, 0.2) is 10.9 Å². The van der Waals surface area contributed by atoms with E-state index < -0.39 is 45.3 Å². The van der Waals surface area contributed by atoms with Crippen LogP contribution >= 0.6 is 11.6 Å². The number of rotatable bonds is 5. The summed E-state index contributed by atoms with van der Waals surface area (Å²) in [5.41, 5.74) is -3.04. The summed E-state index contributed by atoms with van der Waals surface area (Å²) in [5, 5.41) is 26.7. The summed E-state index contributed by atoms with van der Waals surface area (Å²) < 4.78 is 27.1. The molecule has 0 radical (unpaired) electrons. The number of nitro benzene ring substituents is 1. The third kappa shape index (κ3) is 2.62. The summed E-state index contributed by atoms with van der Waals surface area (Å²) in [6.45, 7) is -0.847. The second-order valence-electron chi connectivity index (χ2n) is 4.08. The molecule has 22 heavy (non-hydrogen) atoms. The Balaban J connectivity index is 2.68. The highest BCUT2D eigenvalue weighted by Gasteiger charge is 2.30. The van der Waals surface area contributed by atoms with Gasteiger partial charge in [-0.3, -0.25) is 14.5 Å². The molecule has 0 bridgehead atoms. The number of benzene rings is 1. The zero-order valence-corrected chi connectivity index (χ0v) is 11.5. The maximum atomic E-state index is 14.0. The molecule has 0 amide bonds.